The van der Waals surface area contributed by atoms with Gasteiger partial charge in [0.15, 0.2) is 5.11 Å². The molecule has 0 spiro atoms. The van der Waals surface area contributed by atoms with E-state index in [0.717, 1.165) is 31.7 Å². The second kappa shape index (κ2) is 6.87. The second-order valence-corrected chi connectivity index (χ2v) is 5.66. The quantitative estimate of drug-likeness (QED) is 0.828. The predicted molar refractivity (Wildman–Crippen MR) is 83.7 cm³/mol. The number of hydrogen-bond donors (Lipinski definition) is 2. The van der Waals surface area contributed by atoms with Crippen molar-refractivity contribution in [2.75, 3.05) is 18.5 Å². The van der Waals surface area contributed by atoms with Crippen LogP contribution in [0.5, 0.6) is 0 Å². The minimum atomic E-state index is 0.308. The summed E-state index contributed by atoms with van der Waals surface area (Å²) in [6.45, 7) is 6.05. The molecular formula is C15H22N2OS. The van der Waals surface area contributed by atoms with E-state index in [2.05, 4.69) is 48.7 Å². The largest absolute Gasteiger partial charge is 0.376 e. The smallest absolute Gasteiger partial charge is 0.170 e. The third-order valence-electron chi connectivity index (χ3n) is 3.35. The van der Waals surface area contributed by atoms with Crippen molar-refractivity contribution in [3.05, 3.63) is 29.8 Å². The lowest BCUT2D eigenvalue weighted by molar-refractivity contribution is 0.114. The Morgan fingerprint density at radius 1 is 1.37 bits per heavy atom. The average molecular weight is 278 g/mol. The molecule has 1 fully saturated rings. The third kappa shape index (κ3) is 4.48. The summed E-state index contributed by atoms with van der Waals surface area (Å²) in [5, 5.41) is 7.06. The Kier molecular flexibility index (Phi) is 5.16. The van der Waals surface area contributed by atoms with Gasteiger partial charge in [-0.25, -0.2) is 0 Å². The molecule has 2 rings (SSSR count). The maximum atomic E-state index is 5.55. The van der Waals surface area contributed by atoms with Gasteiger partial charge in [-0.2, -0.15) is 0 Å². The number of hydrogen-bond acceptors (Lipinski definition) is 2. The van der Waals surface area contributed by atoms with E-state index in [1.165, 1.54) is 5.56 Å². The van der Waals surface area contributed by atoms with Crippen LogP contribution in [0.2, 0.25) is 0 Å². The lowest BCUT2D eigenvalue weighted by Crippen LogP contribution is -2.34. The molecular weight excluding hydrogens is 256 g/mol. The molecule has 1 aliphatic rings. The minimum Gasteiger partial charge on any atom is -0.376 e. The first-order chi connectivity index (χ1) is 9.15. The summed E-state index contributed by atoms with van der Waals surface area (Å²) in [7, 11) is 0. The van der Waals surface area contributed by atoms with Crippen molar-refractivity contribution < 1.29 is 4.74 Å². The van der Waals surface area contributed by atoms with Gasteiger partial charge in [0.25, 0.3) is 0 Å². The number of nitrogens with one attached hydrogen (secondary N) is 2. The van der Waals surface area contributed by atoms with Gasteiger partial charge < -0.3 is 15.4 Å². The van der Waals surface area contributed by atoms with Crippen molar-refractivity contribution in [1.82, 2.24) is 5.32 Å². The fourth-order valence-corrected chi connectivity index (χ4v) is 2.34. The van der Waals surface area contributed by atoms with Crippen molar-refractivity contribution in [2.24, 2.45) is 0 Å². The lowest BCUT2D eigenvalue weighted by Gasteiger charge is -2.14. The van der Waals surface area contributed by atoms with Gasteiger partial charge in [-0.05, 0) is 48.7 Å². The Hall–Kier alpha value is -1.13. The molecule has 4 heteroatoms. The Morgan fingerprint density at radius 2 is 2.11 bits per heavy atom. The van der Waals surface area contributed by atoms with E-state index in [4.69, 9.17) is 17.0 Å². The Bertz CT molecular complexity index is 411. The molecule has 0 radical (unpaired) electrons. The Morgan fingerprint density at radius 3 is 2.68 bits per heavy atom. The Labute approximate surface area is 120 Å². The fourth-order valence-electron chi connectivity index (χ4n) is 2.14. The fraction of sp³-hybridized carbons (Fsp3) is 0.533. The van der Waals surface area contributed by atoms with Crippen LogP contribution in [-0.4, -0.2) is 24.4 Å². The van der Waals surface area contributed by atoms with Gasteiger partial charge in [-0.3, -0.25) is 0 Å². The van der Waals surface area contributed by atoms with Gasteiger partial charge in [0.2, 0.25) is 0 Å². The van der Waals surface area contributed by atoms with Crippen LogP contribution < -0.4 is 10.6 Å². The molecule has 19 heavy (non-hydrogen) atoms. The molecule has 0 saturated carbocycles. The zero-order chi connectivity index (χ0) is 13.7. The number of ether oxygens (including phenoxy) is 1. The SMILES string of the molecule is CC(C)c1ccc(NC(=S)NCC2CCCO2)cc1. The summed E-state index contributed by atoms with van der Waals surface area (Å²) in [5.41, 5.74) is 2.36. The topological polar surface area (TPSA) is 33.3 Å². The lowest BCUT2D eigenvalue weighted by atomic mass is 10.0. The summed E-state index contributed by atoms with van der Waals surface area (Å²) in [6, 6.07) is 8.40. The number of anilines is 1. The van der Waals surface area contributed by atoms with Crippen molar-refractivity contribution in [2.45, 2.75) is 38.7 Å². The summed E-state index contributed by atoms with van der Waals surface area (Å²) < 4.78 is 5.55. The molecule has 1 aromatic carbocycles. The van der Waals surface area contributed by atoms with Gasteiger partial charge in [0, 0.05) is 18.8 Å². The molecule has 104 valence electrons. The highest BCUT2D eigenvalue weighted by Gasteiger charge is 2.15. The molecule has 0 amide bonds. The molecule has 0 aliphatic carbocycles. The van der Waals surface area contributed by atoms with Crippen molar-refractivity contribution >= 4 is 23.0 Å². The summed E-state index contributed by atoms with van der Waals surface area (Å²) in [5.74, 6) is 0.554. The number of thiocarbonyl (C=S) groups is 1. The van der Waals surface area contributed by atoms with E-state index >= 15 is 0 Å². The third-order valence-corrected chi connectivity index (χ3v) is 3.60. The van der Waals surface area contributed by atoms with E-state index in [9.17, 15) is 0 Å². The first kappa shape index (κ1) is 14.3. The standard InChI is InChI=1S/C15H22N2OS/c1-11(2)12-5-7-13(8-6-12)17-15(19)16-10-14-4-3-9-18-14/h5-8,11,14H,3-4,9-10H2,1-2H3,(H2,16,17,19). The Balaban J connectivity index is 1.77. The zero-order valence-corrected chi connectivity index (χ0v) is 12.4. The molecule has 1 unspecified atom stereocenters. The van der Waals surface area contributed by atoms with E-state index in [1.54, 1.807) is 0 Å². The van der Waals surface area contributed by atoms with E-state index in [1.807, 2.05) is 0 Å². The molecule has 3 nitrogen and oxygen atoms in total. The van der Waals surface area contributed by atoms with E-state index < -0.39 is 0 Å². The van der Waals surface area contributed by atoms with Gasteiger partial charge in [0.05, 0.1) is 6.10 Å². The number of rotatable bonds is 4. The maximum absolute atomic E-state index is 5.55. The van der Waals surface area contributed by atoms with Crippen LogP contribution in [0.15, 0.2) is 24.3 Å². The second-order valence-electron chi connectivity index (χ2n) is 5.25. The van der Waals surface area contributed by atoms with E-state index in [0.29, 0.717) is 17.1 Å². The first-order valence-corrected chi connectivity index (χ1v) is 7.32. The highest BCUT2D eigenvalue weighted by Crippen LogP contribution is 2.17. The van der Waals surface area contributed by atoms with Gasteiger partial charge >= 0.3 is 0 Å². The van der Waals surface area contributed by atoms with Crippen LogP contribution in [0.4, 0.5) is 5.69 Å². The molecule has 1 aromatic rings. The van der Waals surface area contributed by atoms with Gasteiger partial charge in [0.1, 0.15) is 0 Å². The van der Waals surface area contributed by atoms with Crippen LogP contribution in [0.3, 0.4) is 0 Å². The van der Waals surface area contributed by atoms with Crippen LogP contribution in [0.25, 0.3) is 0 Å². The predicted octanol–water partition coefficient (Wildman–Crippen LogP) is 3.28. The van der Waals surface area contributed by atoms with Gasteiger partial charge in [-0.15, -0.1) is 0 Å². The molecule has 2 N–H and O–H groups in total. The molecule has 0 aromatic heterocycles. The van der Waals surface area contributed by atoms with Crippen LogP contribution >= 0.6 is 12.2 Å². The van der Waals surface area contributed by atoms with Crippen molar-refractivity contribution in [3.8, 4) is 0 Å². The summed E-state index contributed by atoms with van der Waals surface area (Å²) >= 11 is 5.28. The first-order valence-electron chi connectivity index (χ1n) is 6.91. The molecule has 1 saturated heterocycles. The molecule has 1 atom stereocenters. The van der Waals surface area contributed by atoms with Crippen LogP contribution in [0.1, 0.15) is 38.2 Å². The van der Waals surface area contributed by atoms with Gasteiger partial charge in [-0.1, -0.05) is 26.0 Å². The van der Waals surface area contributed by atoms with Crippen LogP contribution in [-0.2, 0) is 4.74 Å². The molecule has 1 heterocycles. The summed E-state index contributed by atoms with van der Waals surface area (Å²) in [4.78, 5) is 0. The highest BCUT2D eigenvalue weighted by atomic mass is 32.1. The highest BCUT2D eigenvalue weighted by molar-refractivity contribution is 7.80. The molecule has 0 bridgehead atoms. The summed E-state index contributed by atoms with van der Waals surface area (Å²) in [6.07, 6.45) is 2.59. The zero-order valence-electron chi connectivity index (χ0n) is 11.6. The average Bonchev–Trinajstić information content (AvgIpc) is 2.90. The number of benzene rings is 1. The van der Waals surface area contributed by atoms with Crippen molar-refractivity contribution in [1.29, 1.82) is 0 Å². The van der Waals surface area contributed by atoms with E-state index in [-0.39, 0.29) is 0 Å². The maximum Gasteiger partial charge on any atom is 0.170 e. The monoisotopic (exact) mass is 278 g/mol. The minimum absolute atomic E-state index is 0.308. The normalized spacial score (nSPS) is 18.6. The van der Waals surface area contributed by atoms with Crippen LogP contribution in [0, 0.1) is 0 Å². The molecule has 1 aliphatic heterocycles. The van der Waals surface area contributed by atoms with Crippen molar-refractivity contribution in [3.63, 3.8) is 0 Å².